The molecule has 1 aromatic carbocycles. The average molecular weight is 339 g/mol. The van der Waals surface area contributed by atoms with Crippen molar-refractivity contribution in [1.82, 2.24) is 0 Å². The van der Waals surface area contributed by atoms with E-state index in [9.17, 15) is 9.36 Å². The first-order chi connectivity index (χ1) is 9.62. The maximum Gasteiger partial charge on any atom is 0.306 e. The average Bonchev–Trinajstić information content (AvgIpc) is 2.49. The Morgan fingerprint density at radius 3 is 2.35 bits per heavy atom. The summed E-state index contributed by atoms with van der Waals surface area (Å²) < 4.78 is 23.1. The summed E-state index contributed by atoms with van der Waals surface area (Å²) in [6.07, 6.45) is 0.111. The van der Waals surface area contributed by atoms with Crippen LogP contribution in [-0.4, -0.2) is 37.1 Å². The fraction of sp³-hybridized carbons (Fsp3) is 0.462. The van der Waals surface area contributed by atoms with Crippen molar-refractivity contribution in [3.63, 3.8) is 0 Å². The molecule has 0 bridgehead atoms. The summed E-state index contributed by atoms with van der Waals surface area (Å²) >= 11 is 11.0. The van der Waals surface area contributed by atoms with Crippen molar-refractivity contribution in [3.8, 4) is 0 Å². The molecule has 0 fully saturated rings. The van der Waals surface area contributed by atoms with Crippen LogP contribution < -0.4 is 5.30 Å². The van der Waals surface area contributed by atoms with Gasteiger partial charge in [0, 0.05) is 17.3 Å². The lowest BCUT2D eigenvalue weighted by Crippen LogP contribution is -2.15. The molecule has 0 saturated carbocycles. The highest BCUT2D eigenvalue weighted by molar-refractivity contribution is 7.67. The largest absolute Gasteiger partial charge is 0.464 e. The Morgan fingerprint density at radius 2 is 1.75 bits per heavy atom. The Morgan fingerprint density at radius 1 is 1.10 bits per heavy atom. The van der Waals surface area contributed by atoms with E-state index in [1.807, 2.05) is 6.07 Å². The third-order valence-electron chi connectivity index (χ3n) is 2.48. The lowest BCUT2D eigenvalue weighted by molar-refractivity contribution is -0.142. The lowest BCUT2D eigenvalue weighted by atomic mass is 10.4. The minimum absolute atomic E-state index is 0.0192. The zero-order chi connectivity index (χ0) is 14.8. The van der Waals surface area contributed by atoms with Gasteiger partial charge in [-0.1, -0.05) is 18.2 Å². The summed E-state index contributed by atoms with van der Waals surface area (Å²) in [5, 5.41) is 0.579. The minimum Gasteiger partial charge on any atom is -0.464 e. The Bertz CT molecular complexity index is 453. The SMILES string of the molecule is O=C(CCP(=O)(OCCCl)c1ccccc1)OCCCl. The second-order valence-corrected chi connectivity index (χ2v) is 7.24. The van der Waals surface area contributed by atoms with Crippen molar-refractivity contribution < 1.29 is 18.6 Å². The standard InChI is InChI=1S/C13H17Cl2O4P/c14-7-9-18-13(16)6-11-20(17,19-10-8-15)12-4-2-1-3-5-12/h1-5H,6-11H2. The Hall–Kier alpha value is -0.540. The zero-order valence-corrected chi connectivity index (χ0v) is 13.4. The van der Waals surface area contributed by atoms with Gasteiger partial charge in [0.1, 0.15) is 6.61 Å². The fourth-order valence-electron chi connectivity index (χ4n) is 1.57. The van der Waals surface area contributed by atoms with E-state index in [4.69, 9.17) is 32.5 Å². The monoisotopic (exact) mass is 338 g/mol. The van der Waals surface area contributed by atoms with Crippen LogP contribution in [0.15, 0.2) is 30.3 Å². The second kappa shape index (κ2) is 9.41. The van der Waals surface area contributed by atoms with Crippen LogP contribution in [0.25, 0.3) is 0 Å². The van der Waals surface area contributed by atoms with Crippen LogP contribution in [0.3, 0.4) is 0 Å². The van der Waals surface area contributed by atoms with Gasteiger partial charge in [0.25, 0.3) is 0 Å². The molecule has 0 heterocycles. The number of hydrogen-bond acceptors (Lipinski definition) is 4. The van der Waals surface area contributed by atoms with E-state index >= 15 is 0 Å². The van der Waals surface area contributed by atoms with E-state index in [0.29, 0.717) is 5.30 Å². The van der Waals surface area contributed by atoms with Gasteiger partial charge in [0.2, 0.25) is 7.37 Å². The number of halogens is 2. The highest BCUT2D eigenvalue weighted by Crippen LogP contribution is 2.46. The Kier molecular flexibility index (Phi) is 8.24. The molecule has 0 aliphatic heterocycles. The molecule has 20 heavy (non-hydrogen) atoms. The van der Waals surface area contributed by atoms with Crippen molar-refractivity contribution in [2.24, 2.45) is 0 Å². The molecule has 1 atom stereocenters. The lowest BCUT2D eigenvalue weighted by Gasteiger charge is -2.18. The first-order valence-corrected chi connectivity index (χ1v) is 9.07. The third-order valence-corrected chi connectivity index (χ3v) is 5.28. The molecule has 1 unspecified atom stereocenters. The summed E-state index contributed by atoms with van der Waals surface area (Å²) in [6, 6.07) is 8.82. The normalized spacial score (nSPS) is 13.7. The van der Waals surface area contributed by atoms with Gasteiger partial charge in [-0.2, -0.15) is 0 Å². The first kappa shape index (κ1) is 17.5. The van der Waals surface area contributed by atoms with Gasteiger partial charge < -0.3 is 9.26 Å². The van der Waals surface area contributed by atoms with Gasteiger partial charge in [0.15, 0.2) is 0 Å². The number of benzene rings is 1. The molecule has 0 aliphatic carbocycles. The van der Waals surface area contributed by atoms with Gasteiger partial charge >= 0.3 is 5.97 Å². The summed E-state index contributed by atoms with van der Waals surface area (Å²) in [5.74, 6) is 0.0505. The number of ether oxygens (including phenoxy) is 1. The van der Waals surface area contributed by atoms with Gasteiger partial charge in [-0.3, -0.25) is 9.36 Å². The Labute approximate surface area is 128 Å². The van der Waals surface area contributed by atoms with Crippen LogP contribution >= 0.6 is 30.6 Å². The van der Waals surface area contributed by atoms with E-state index < -0.39 is 13.3 Å². The van der Waals surface area contributed by atoms with E-state index in [0.717, 1.165) is 0 Å². The van der Waals surface area contributed by atoms with Crippen LogP contribution in [0.2, 0.25) is 0 Å². The molecule has 0 saturated heterocycles. The second-order valence-electron chi connectivity index (χ2n) is 3.91. The molecule has 1 aromatic rings. The van der Waals surface area contributed by atoms with E-state index in [1.165, 1.54) is 0 Å². The van der Waals surface area contributed by atoms with Crippen LogP contribution in [-0.2, 0) is 18.6 Å². The maximum atomic E-state index is 12.8. The predicted octanol–water partition coefficient (Wildman–Crippen LogP) is 3.02. The molecular formula is C13H17Cl2O4P. The number of carbonyl (C=O) groups is 1. The molecule has 1 rings (SSSR count). The van der Waals surface area contributed by atoms with Crippen LogP contribution in [0.4, 0.5) is 0 Å². The van der Waals surface area contributed by atoms with Crippen molar-refractivity contribution >= 4 is 41.8 Å². The molecule has 112 valence electrons. The van der Waals surface area contributed by atoms with Crippen LogP contribution in [0, 0.1) is 0 Å². The fourth-order valence-corrected chi connectivity index (χ4v) is 3.86. The van der Waals surface area contributed by atoms with Crippen LogP contribution in [0.1, 0.15) is 6.42 Å². The predicted molar refractivity (Wildman–Crippen MR) is 81.5 cm³/mol. The molecule has 0 aliphatic rings. The molecule has 7 heteroatoms. The molecule has 0 aromatic heterocycles. The minimum atomic E-state index is -3.09. The molecule has 0 radical (unpaired) electrons. The molecule has 4 nitrogen and oxygen atoms in total. The quantitative estimate of drug-likeness (QED) is 0.394. The number of carbonyl (C=O) groups excluding carboxylic acids is 1. The maximum absolute atomic E-state index is 12.8. The number of alkyl halides is 2. The number of rotatable bonds is 9. The number of hydrogen-bond donors (Lipinski definition) is 0. The summed E-state index contributed by atoms with van der Waals surface area (Å²) in [4.78, 5) is 11.5. The van der Waals surface area contributed by atoms with Crippen molar-refractivity contribution in [3.05, 3.63) is 30.3 Å². The summed E-state index contributed by atoms with van der Waals surface area (Å²) in [6.45, 7) is 0.322. The van der Waals surface area contributed by atoms with Crippen molar-refractivity contribution in [2.75, 3.05) is 31.1 Å². The molecule has 0 amide bonds. The topological polar surface area (TPSA) is 52.6 Å². The highest BCUT2D eigenvalue weighted by atomic mass is 35.5. The third kappa shape index (κ3) is 5.84. The summed E-state index contributed by atoms with van der Waals surface area (Å²) in [7, 11) is -3.09. The molecular weight excluding hydrogens is 322 g/mol. The number of esters is 1. The van der Waals surface area contributed by atoms with Gasteiger partial charge in [-0.15, -0.1) is 23.2 Å². The smallest absolute Gasteiger partial charge is 0.306 e. The van der Waals surface area contributed by atoms with E-state index in [1.54, 1.807) is 24.3 Å². The zero-order valence-electron chi connectivity index (χ0n) is 11.0. The first-order valence-electron chi connectivity index (χ1n) is 6.19. The van der Waals surface area contributed by atoms with Gasteiger partial charge in [0.05, 0.1) is 18.9 Å². The van der Waals surface area contributed by atoms with E-state index in [2.05, 4.69) is 0 Å². The molecule has 0 N–H and O–H groups in total. The highest BCUT2D eigenvalue weighted by Gasteiger charge is 2.26. The Balaban J connectivity index is 2.69. The van der Waals surface area contributed by atoms with Crippen LogP contribution in [0.5, 0.6) is 0 Å². The van der Waals surface area contributed by atoms with Gasteiger partial charge in [-0.25, -0.2) is 0 Å². The van der Waals surface area contributed by atoms with E-state index in [-0.39, 0.29) is 37.6 Å². The van der Waals surface area contributed by atoms with Gasteiger partial charge in [-0.05, 0) is 12.1 Å². The van der Waals surface area contributed by atoms with Crippen molar-refractivity contribution in [1.29, 1.82) is 0 Å². The van der Waals surface area contributed by atoms with Crippen molar-refractivity contribution in [2.45, 2.75) is 6.42 Å². The molecule has 0 spiro atoms. The summed E-state index contributed by atoms with van der Waals surface area (Å²) in [5.41, 5.74) is 0.